The van der Waals surface area contributed by atoms with Gasteiger partial charge in [-0.25, -0.2) is 0 Å². The highest BCUT2D eigenvalue weighted by molar-refractivity contribution is 7.15. The summed E-state index contributed by atoms with van der Waals surface area (Å²) in [5.74, 6) is 0. The van der Waals surface area contributed by atoms with Crippen LogP contribution in [0, 0.1) is 0 Å². The molecule has 0 aliphatic rings. The van der Waals surface area contributed by atoms with Crippen LogP contribution in [0.4, 0.5) is 0 Å². The van der Waals surface area contributed by atoms with Gasteiger partial charge in [-0.1, -0.05) is 84.5 Å². The predicted octanol–water partition coefficient (Wildman–Crippen LogP) is 5.96. The summed E-state index contributed by atoms with van der Waals surface area (Å²) in [6, 6.07) is 1.53. The van der Waals surface area contributed by atoms with Crippen molar-refractivity contribution in [3.05, 3.63) is 0 Å². The third kappa shape index (κ3) is 3.70. The molecule has 18 heavy (non-hydrogen) atoms. The molecule has 0 aromatic carbocycles. The van der Waals surface area contributed by atoms with E-state index in [-0.39, 0.29) is 8.80 Å². The predicted molar refractivity (Wildman–Crippen MR) is 99.6 cm³/mol. The van der Waals surface area contributed by atoms with Gasteiger partial charge in [-0.3, -0.25) is 0 Å². The van der Waals surface area contributed by atoms with E-state index in [2.05, 4.69) is 72.0 Å². The van der Waals surface area contributed by atoms with E-state index >= 15 is 0 Å². The first kappa shape index (κ1) is 18.9. The normalized spacial score (nSPS) is 15.3. The van der Waals surface area contributed by atoms with Gasteiger partial charge in [0.2, 0.25) is 0 Å². The molecule has 0 spiro atoms. The largest absolute Gasteiger partial charge is 0.0713 e. The molecule has 0 atom stereocenters. The molecule has 0 aromatic rings. The van der Waals surface area contributed by atoms with Crippen molar-refractivity contribution in [2.75, 3.05) is 0 Å². The Morgan fingerprint density at radius 2 is 0.944 bits per heavy atom. The van der Waals surface area contributed by atoms with E-state index in [0.717, 1.165) is 4.28 Å². The van der Waals surface area contributed by atoms with Crippen molar-refractivity contribution in [2.45, 2.75) is 88.8 Å². The molecule has 0 fully saturated rings. The monoisotopic (exact) mass is 317 g/mol. The van der Waals surface area contributed by atoms with E-state index < -0.39 is 24.2 Å². The van der Waals surface area contributed by atoms with E-state index in [9.17, 15) is 0 Å². The second-order valence-corrected chi connectivity index (χ2v) is 29.8. The van der Waals surface area contributed by atoms with E-state index in [1.165, 1.54) is 6.04 Å². The van der Waals surface area contributed by atoms with Crippen LogP contribution in [0.3, 0.4) is 0 Å². The summed E-state index contributed by atoms with van der Waals surface area (Å²) in [4.78, 5) is 0. The third-order valence-electron chi connectivity index (χ3n) is 4.84. The second-order valence-electron chi connectivity index (χ2n) is 9.36. The van der Waals surface area contributed by atoms with Crippen LogP contribution in [0.15, 0.2) is 0 Å². The number of hydrogen-bond acceptors (Lipinski definition) is 0. The van der Waals surface area contributed by atoms with Gasteiger partial charge in [-0.05, 0) is 4.28 Å². The molecular formula is C14H37Si4. The molecule has 0 amide bonds. The van der Waals surface area contributed by atoms with Crippen molar-refractivity contribution in [1.29, 1.82) is 0 Å². The van der Waals surface area contributed by atoms with Gasteiger partial charge in [-0.15, -0.1) is 0 Å². The molecule has 0 aliphatic heterocycles. The molecular weight excluding hydrogens is 280 g/mol. The smallest absolute Gasteiger partial charge is 0.0452 e. The average molecular weight is 318 g/mol. The first-order valence-electron chi connectivity index (χ1n) is 7.46. The first-order chi connectivity index (χ1) is 7.67. The zero-order valence-corrected chi connectivity index (χ0v) is 18.9. The zero-order chi connectivity index (χ0) is 15.0. The lowest BCUT2D eigenvalue weighted by Gasteiger charge is -2.59. The van der Waals surface area contributed by atoms with Gasteiger partial charge in [0.15, 0.2) is 0 Å². The highest BCUT2D eigenvalue weighted by atomic mass is 28.5. The Morgan fingerprint density at radius 3 is 1.11 bits per heavy atom. The van der Waals surface area contributed by atoms with Crippen LogP contribution in [0.25, 0.3) is 0 Å². The van der Waals surface area contributed by atoms with Gasteiger partial charge in [-0.2, -0.15) is 0 Å². The fraction of sp³-hybridized carbons (Fsp3) is 1.00. The van der Waals surface area contributed by atoms with E-state index in [1.54, 1.807) is 6.42 Å². The molecule has 1 radical (unpaired) electrons. The molecule has 0 N–H and O–H groups in total. The summed E-state index contributed by atoms with van der Waals surface area (Å²) in [5.41, 5.74) is 0. The summed E-state index contributed by atoms with van der Waals surface area (Å²) >= 11 is 0. The summed E-state index contributed by atoms with van der Waals surface area (Å²) < 4.78 is 0.787. The lowest BCUT2D eigenvalue weighted by Crippen LogP contribution is -2.65. The first-order valence-corrected chi connectivity index (χ1v) is 20.7. The molecule has 0 unspecified atom stereocenters. The Bertz CT molecular complexity index is 227. The molecule has 0 rings (SSSR count). The quantitative estimate of drug-likeness (QED) is 0.530. The lowest BCUT2D eigenvalue weighted by atomic mass is 10.5. The maximum Gasteiger partial charge on any atom is 0.0452 e. The minimum absolute atomic E-state index is 0.0794. The van der Waals surface area contributed by atoms with Gasteiger partial charge in [0.25, 0.3) is 0 Å². The van der Waals surface area contributed by atoms with E-state index in [4.69, 9.17) is 0 Å². The van der Waals surface area contributed by atoms with Crippen molar-refractivity contribution < 1.29 is 0 Å². The second kappa shape index (κ2) is 5.70. The fourth-order valence-corrected chi connectivity index (χ4v) is 36.2. The fourth-order valence-electron chi connectivity index (χ4n) is 4.94. The van der Waals surface area contributed by atoms with Crippen molar-refractivity contribution in [3.8, 4) is 0 Å². The van der Waals surface area contributed by atoms with Crippen LogP contribution < -0.4 is 0 Å². The van der Waals surface area contributed by atoms with Crippen molar-refractivity contribution >= 4 is 33.0 Å². The Kier molecular flexibility index (Phi) is 5.97. The third-order valence-corrected chi connectivity index (χ3v) is 28.0. The Labute approximate surface area is 122 Å². The molecule has 4 heteroatoms. The molecule has 0 aromatic heterocycles. The van der Waals surface area contributed by atoms with E-state index in [1.807, 2.05) is 0 Å². The van der Waals surface area contributed by atoms with Gasteiger partial charge >= 0.3 is 0 Å². The molecule has 0 aliphatic carbocycles. The van der Waals surface area contributed by atoms with Gasteiger partial charge in [0.1, 0.15) is 0 Å². The van der Waals surface area contributed by atoms with E-state index in [0.29, 0.717) is 0 Å². The standard InChI is InChI=1S/C14H37Si4/c1-15(2)13-12-14(16(3,4)5,17(6,7)8)18(9,10)11/h12-13H2,1-11H3. The Hall–Kier alpha value is 0.868. The van der Waals surface area contributed by atoms with Gasteiger partial charge in [0, 0.05) is 33.0 Å². The Balaban J connectivity index is 5.76. The maximum absolute atomic E-state index is 2.65. The number of hydrogen-bond donors (Lipinski definition) is 0. The van der Waals surface area contributed by atoms with Crippen molar-refractivity contribution in [2.24, 2.45) is 0 Å². The number of rotatable bonds is 6. The SMILES string of the molecule is C[Si](C)CCC([Si](C)(C)C)([Si](C)(C)C)[Si](C)(C)C. The molecule has 0 saturated heterocycles. The summed E-state index contributed by atoms with van der Waals surface area (Å²) in [6.07, 6.45) is 1.55. The zero-order valence-electron chi connectivity index (χ0n) is 14.9. The Morgan fingerprint density at radius 1 is 0.667 bits per heavy atom. The topological polar surface area (TPSA) is 0 Å². The maximum atomic E-state index is 2.65. The molecule has 109 valence electrons. The summed E-state index contributed by atoms with van der Waals surface area (Å²) in [6.45, 7) is 28.9. The molecule has 0 bridgehead atoms. The van der Waals surface area contributed by atoms with Crippen molar-refractivity contribution in [1.82, 2.24) is 0 Å². The van der Waals surface area contributed by atoms with Gasteiger partial charge in [0.05, 0.1) is 0 Å². The summed E-state index contributed by atoms with van der Waals surface area (Å²) in [5, 5.41) is 0. The minimum Gasteiger partial charge on any atom is -0.0713 e. The highest BCUT2D eigenvalue weighted by Crippen LogP contribution is 2.57. The van der Waals surface area contributed by atoms with Crippen LogP contribution in [0.5, 0.6) is 0 Å². The minimum atomic E-state index is -1.13. The lowest BCUT2D eigenvalue weighted by molar-refractivity contribution is 0.833. The molecule has 0 nitrogen and oxygen atoms in total. The van der Waals surface area contributed by atoms with Crippen LogP contribution in [0.1, 0.15) is 6.42 Å². The van der Waals surface area contributed by atoms with Crippen LogP contribution in [0.2, 0.25) is 82.3 Å². The van der Waals surface area contributed by atoms with Gasteiger partial charge < -0.3 is 0 Å². The van der Waals surface area contributed by atoms with Crippen LogP contribution in [-0.2, 0) is 0 Å². The van der Waals surface area contributed by atoms with Crippen molar-refractivity contribution in [3.63, 3.8) is 0 Å². The van der Waals surface area contributed by atoms with Crippen LogP contribution >= 0.6 is 0 Å². The average Bonchev–Trinajstić information content (AvgIpc) is 1.94. The molecule has 0 saturated carbocycles. The van der Waals surface area contributed by atoms with Crippen LogP contribution in [-0.4, -0.2) is 33.0 Å². The molecule has 0 heterocycles. The highest BCUT2D eigenvalue weighted by Gasteiger charge is 2.58. The summed E-state index contributed by atoms with van der Waals surface area (Å²) in [7, 11) is -3.48.